The normalized spacial score (nSPS) is 13.8. The summed E-state index contributed by atoms with van der Waals surface area (Å²) in [5, 5.41) is 2.93. The van der Waals surface area contributed by atoms with Gasteiger partial charge in [-0.1, -0.05) is 30.3 Å². The molecule has 0 atom stereocenters. The van der Waals surface area contributed by atoms with Gasteiger partial charge in [-0.05, 0) is 50.5 Å². The van der Waals surface area contributed by atoms with Crippen LogP contribution in [0.25, 0.3) is 0 Å². The molecule has 2 aromatic carbocycles. The summed E-state index contributed by atoms with van der Waals surface area (Å²) in [6.45, 7) is 3.74. The van der Waals surface area contributed by atoms with Crippen molar-refractivity contribution in [2.45, 2.75) is 26.2 Å². The number of amides is 1. The zero-order valence-corrected chi connectivity index (χ0v) is 16.5. The standard InChI is InChI=1S/C23H24N4O2/c1-17-24-20(16-22(25-17)27-14-8-3-9-15-27)23(28)26-19-12-6-7-13-21(19)29-18-10-4-2-5-11-18/h2,4-7,10-13,16H,3,8-9,14-15H2,1H3,(H,26,28). The molecule has 1 aliphatic heterocycles. The first kappa shape index (κ1) is 18.9. The Morgan fingerprint density at radius 1 is 0.966 bits per heavy atom. The lowest BCUT2D eigenvalue weighted by atomic mass is 10.1. The Morgan fingerprint density at radius 3 is 2.48 bits per heavy atom. The lowest BCUT2D eigenvalue weighted by Gasteiger charge is -2.28. The van der Waals surface area contributed by atoms with E-state index in [1.165, 1.54) is 6.42 Å². The third-order valence-corrected chi connectivity index (χ3v) is 4.84. The highest BCUT2D eigenvalue weighted by molar-refractivity contribution is 6.04. The number of rotatable bonds is 5. The lowest BCUT2D eigenvalue weighted by Crippen LogP contribution is -2.31. The van der Waals surface area contributed by atoms with Gasteiger partial charge in [0.05, 0.1) is 5.69 Å². The molecule has 1 fully saturated rings. The number of benzene rings is 2. The van der Waals surface area contributed by atoms with Crippen molar-refractivity contribution in [3.63, 3.8) is 0 Å². The van der Waals surface area contributed by atoms with Gasteiger partial charge in [-0.3, -0.25) is 4.79 Å². The van der Waals surface area contributed by atoms with E-state index < -0.39 is 0 Å². The highest BCUT2D eigenvalue weighted by Crippen LogP contribution is 2.29. The molecule has 0 aliphatic carbocycles. The van der Waals surface area contributed by atoms with E-state index in [-0.39, 0.29) is 5.91 Å². The van der Waals surface area contributed by atoms with Gasteiger partial charge >= 0.3 is 0 Å². The fourth-order valence-electron chi connectivity index (χ4n) is 3.41. The zero-order chi connectivity index (χ0) is 20.1. The van der Waals surface area contributed by atoms with Gasteiger partial charge in [-0.15, -0.1) is 0 Å². The minimum Gasteiger partial charge on any atom is -0.455 e. The second-order valence-corrected chi connectivity index (χ2v) is 7.07. The molecule has 0 saturated carbocycles. The molecule has 0 spiro atoms. The number of hydrogen-bond acceptors (Lipinski definition) is 5. The summed E-state index contributed by atoms with van der Waals surface area (Å²) in [6.07, 6.45) is 3.54. The van der Waals surface area contributed by atoms with Gasteiger partial charge in [0.2, 0.25) is 0 Å². The van der Waals surface area contributed by atoms with E-state index in [1.54, 1.807) is 6.07 Å². The Balaban J connectivity index is 1.55. The second-order valence-electron chi connectivity index (χ2n) is 7.07. The Hall–Kier alpha value is -3.41. The van der Waals surface area contributed by atoms with E-state index in [0.29, 0.717) is 28.7 Å². The van der Waals surface area contributed by atoms with E-state index in [9.17, 15) is 4.79 Å². The largest absolute Gasteiger partial charge is 0.455 e. The lowest BCUT2D eigenvalue weighted by molar-refractivity contribution is 0.102. The zero-order valence-electron chi connectivity index (χ0n) is 16.5. The average molecular weight is 388 g/mol. The summed E-state index contributed by atoms with van der Waals surface area (Å²) in [4.78, 5) is 24.0. The van der Waals surface area contributed by atoms with Crippen LogP contribution < -0.4 is 15.0 Å². The molecule has 6 nitrogen and oxygen atoms in total. The number of para-hydroxylation sites is 3. The predicted octanol–water partition coefficient (Wildman–Crippen LogP) is 4.82. The van der Waals surface area contributed by atoms with Crippen LogP contribution in [0.3, 0.4) is 0 Å². The van der Waals surface area contributed by atoms with Crippen molar-refractivity contribution in [1.29, 1.82) is 0 Å². The van der Waals surface area contributed by atoms with Gasteiger partial charge in [0.25, 0.3) is 5.91 Å². The van der Waals surface area contributed by atoms with Gasteiger partial charge in [-0.2, -0.15) is 0 Å². The number of nitrogens with zero attached hydrogens (tertiary/aromatic N) is 3. The number of anilines is 2. The second kappa shape index (κ2) is 8.73. The van der Waals surface area contributed by atoms with Crippen molar-refractivity contribution in [2.75, 3.05) is 23.3 Å². The van der Waals surface area contributed by atoms with Crippen molar-refractivity contribution in [3.8, 4) is 11.5 Å². The number of carbonyl (C=O) groups is 1. The molecule has 1 amide bonds. The molecule has 0 bridgehead atoms. The van der Waals surface area contributed by atoms with Crippen LogP contribution in [0, 0.1) is 6.92 Å². The van der Waals surface area contributed by atoms with Gasteiger partial charge < -0.3 is 15.0 Å². The van der Waals surface area contributed by atoms with Crippen molar-refractivity contribution in [3.05, 3.63) is 72.2 Å². The molecule has 1 N–H and O–H groups in total. The minimum atomic E-state index is -0.280. The molecule has 1 saturated heterocycles. The molecular formula is C23H24N4O2. The number of hydrogen-bond donors (Lipinski definition) is 1. The third-order valence-electron chi connectivity index (χ3n) is 4.84. The summed E-state index contributed by atoms with van der Waals surface area (Å²) >= 11 is 0. The number of ether oxygens (including phenoxy) is 1. The predicted molar refractivity (Wildman–Crippen MR) is 114 cm³/mol. The van der Waals surface area contributed by atoms with Crippen LogP contribution in [0.15, 0.2) is 60.7 Å². The van der Waals surface area contributed by atoms with Crippen molar-refractivity contribution >= 4 is 17.4 Å². The summed E-state index contributed by atoms with van der Waals surface area (Å²) in [5.41, 5.74) is 0.949. The Kier molecular flexibility index (Phi) is 5.70. The summed E-state index contributed by atoms with van der Waals surface area (Å²) in [5.74, 6) is 2.41. The fraction of sp³-hybridized carbons (Fsp3) is 0.261. The molecule has 1 aliphatic rings. The van der Waals surface area contributed by atoms with Crippen molar-refractivity contribution in [2.24, 2.45) is 0 Å². The Labute approximate surface area is 170 Å². The Morgan fingerprint density at radius 2 is 1.69 bits per heavy atom. The molecule has 1 aromatic heterocycles. The Bertz CT molecular complexity index is 985. The first-order valence-corrected chi connectivity index (χ1v) is 9.93. The van der Waals surface area contributed by atoms with E-state index in [2.05, 4.69) is 20.2 Å². The summed E-state index contributed by atoms with van der Waals surface area (Å²) in [7, 11) is 0. The molecular weight excluding hydrogens is 364 g/mol. The highest BCUT2D eigenvalue weighted by Gasteiger charge is 2.17. The molecule has 0 unspecified atom stereocenters. The topological polar surface area (TPSA) is 67.3 Å². The monoisotopic (exact) mass is 388 g/mol. The molecule has 4 rings (SSSR count). The fourth-order valence-corrected chi connectivity index (χ4v) is 3.41. The van der Waals surface area contributed by atoms with Gasteiger partial charge in [0.15, 0.2) is 5.75 Å². The number of aryl methyl sites for hydroxylation is 1. The van der Waals surface area contributed by atoms with Crippen LogP contribution in [0.4, 0.5) is 11.5 Å². The van der Waals surface area contributed by atoms with E-state index in [1.807, 2.05) is 61.5 Å². The van der Waals surface area contributed by atoms with Crippen LogP contribution >= 0.6 is 0 Å². The van der Waals surface area contributed by atoms with Gasteiger partial charge in [0.1, 0.15) is 23.1 Å². The number of nitrogens with one attached hydrogen (secondary N) is 1. The van der Waals surface area contributed by atoms with Crippen LogP contribution in [0.1, 0.15) is 35.6 Å². The SMILES string of the molecule is Cc1nc(C(=O)Nc2ccccc2Oc2ccccc2)cc(N2CCCCC2)n1. The molecule has 29 heavy (non-hydrogen) atoms. The molecule has 148 valence electrons. The maximum atomic E-state index is 12.9. The van der Waals surface area contributed by atoms with Crippen LogP contribution in [-0.4, -0.2) is 29.0 Å². The first-order chi connectivity index (χ1) is 14.2. The van der Waals surface area contributed by atoms with E-state index in [0.717, 1.165) is 31.7 Å². The minimum absolute atomic E-state index is 0.280. The maximum Gasteiger partial charge on any atom is 0.274 e. The van der Waals surface area contributed by atoms with Gasteiger partial charge in [0, 0.05) is 19.2 Å². The molecule has 3 aromatic rings. The third kappa shape index (κ3) is 4.71. The summed E-state index contributed by atoms with van der Waals surface area (Å²) in [6, 6.07) is 18.6. The molecule has 6 heteroatoms. The number of carbonyl (C=O) groups excluding carboxylic acids is 1. The highest BCUT2D eigenvalue weighted by atomic mass is 16.5. The van der Waals surface area contributed by atoms with E-state index in [4.69, 9.17) is 4.74 Å². The quantitative estimate of drug-likeness (QED) is 0.679. The number of aromatic nitrogens is 2. The smallest absolute Gasteiger partial charge is 0.274 e. The average Bonchev–Trinajstić information content (AvgIpc) is 2.76. The van der Waals surface area contributed by atoms with Crippen LogP contribution in [0.5, 0.6) is 11.5 Å². The number of piperidine rings is 1. The van der Waals surface area contributed by atoms with Gasteiger partial charge in [-0.25, -0.2) is 9.97 Å². The van der Waals surface area contributed by atoms with Crippen molar-refractivity contribution < 1.29 is 9.53 Å². The van der Waals surface area contributed by atoms with E-state index >= 15 is 0 Å². The van der Waals surface area contributed by atoms with Crippen LogP contribution in [0.2, 0.25) is 0 Å². The van der Waals surface area contributed by atoms with Crippen LogP contribution in [-0.2, 0) is 0 Å². The first-order valence-electron chi connectivity index (χ1n) is 9.93. The summed E-state index contributed by atoms with van der Waals surface area (Å²) < 4.78 is 5.93. The maximum absolute atomic E-state index is 12.9. The molecule has 0 radical (unpaired) electrons. The molecule has 2 heterocycles. The van der Waals surface area contributed by atoms with Crippen molar-refractivity contribution in [1.82, 2.24) is 9.97 Å².